The molecule has 4 heteroatoms. The van der Waals surface area contributed by atoms with Gasteiger partial charge in [0.15, 0.2) is 0 Å². The van der Waals surface area contributed by atoms with Crippen LogP contribution in [0.1, 0.15) is 44.3 Å². The molecule has 4 rings (SSSR count). The summed E-state index contributed by atoms with van der Waals surface area (Å²) >= 11 is 6.01. The maximum absolute atomic E-state index is 10.5. The topological polar surface area (TPSA) is 32.7 Å². The van der Waals surface area contributed by atoms with E-state index in [1.165, 1.54) is 12.8 Å². The molecule has 1 spiro atoms. The average Bonchev–Trinajstić information content (AvgIpc) is 3.17. The van der Waals surface area contributed by atoms with Crippen LogP contribution < -0.4 is 4.74 Å². The first-order valence-electron chi connectivity index (χ1n) is 7.49. The molecule has 0 bridgehead atoms. The van der Waals surface area contributed by atoms with Gasteiger partial charge in [-0.15, -0.1) is 0 Å². The number of aliphatic hydroxyl groups excluding tert-OH is 1. The Hall–Kier alpha value is -0.770. The molecule has 1 N–H and O–H groups in total. The third kappa shape index (κ3) is 2.03. The molecule has 2 unspecified atom stereocenters. The molecule has 20 heavy (non-hydrogen) atoms. The van der Waals surface area contributed by atoms with Gasteiger partial charge in [0, 0.05) is 42.1 Å². The number of fused-ring (bicyclic) bond motifs is 1. The predicted molar refractivity (Wildman–Crippen MR) is 78.2 cm³/mol. The van der Waals surface area contributed by atoms with Gasteiger partial charge >= 0.3 is 0 Å². The minimum atomic E-state index is -0.469. The average molecular weight is 294 g/mol. The maximum atomic E-state index is 10.5. The highest BCUT2D eigenvalue weighted by molar-refractivity contribution is 6.30. The van der Waals surface area contributed by atoms with Crippen LogP contribution in [0.4, 0.5) is 0 Å². The van der Waals surface area contributed by atoms with Gasteiger partial charge in [-0.2, -0.15) is 0 Å². The molecule has 108 valence electrons. The Labute approximate surface area is 124 Å². The van der Waals surface area contributed by atoms with Crippen molar-refractivity contribution in [2.24, 2.45) is 0 Å². The molecule has 1 saturated carbocycles. The SMILES string of the molecule is CC1CC2(C[C@H](O)c3cc(Cl)ccc3O2)CN1C1CC1. The van der Waals surface area contributed by atoms with Gasteiger partial charge in [0.2, 0.25) is 0 Å². The summed E-state index contributed by atoms with van der Waals surface area (Å²) in [5, 5.41) is 11.1. The number of ether oxygens (including phenoxy) is 1. The van der Waals surface area contributed by atoms with Crippen molar-refractivity contribution in [1.82, 2.24) is 4.90 Å². The van der Waals surface area contributed by atoms with Gasteiger partial charge in [-0.25, -0.2) is 0 Å². The van der Waals surface area contributed by atoms with E-state index in [0.29, 0.717) is 17.5 Å². The van der Waals surface area contributed by atoms with E-state index in [1.54, 1.807) is 0 Å². The quantitative estimate of drug-likeness (QED) is 0.863. The monoisotopic (exact) mass is 293 g/mol. The van der Waals surface area contributed by atoms with Crippen molar-refractivity contribution in [2.75, 3.05) is 6.54 Å². The number of hydrogen-bond acceptors (Lipinski definition) is 3. The zero-order valence-electron chi connectivity index (χ0n) is 11.7. The Kier molecular flexibility index (Phi) is 2.82. The van der Waals surface area contributed by atoms with E-state index in [-0.39, 0.29) is 5.60 Å². The lowest BCUT2D eigenvalue weighted by Gasteiger charge is -2.38. The third-order valence-electron chi connectivity index (χ3n) is 4.94. The summed E-state index contributed by atoms with van der Waals surface area (Å²) in [5.41, 5.74) is 0.614. The van der Waals surface area contributed by atoms with E-state index in [1.807, 2.05) is 18.2 Å². The maximum Gasteiger partial charge on any atom is 0.126 e. The van der Waals surface area contributed by atoms with E-state index in [4.69, 9.17) is 16.3 Å². The van der Waals surface area contributed by atoms with Crippen LogP contribution in [0.25, 0.3) is 0 Å². The smallest absolute Gasteiger partial charge is 0.126 e. The van der Waals surface area contributed by atoms with Crippen molar-refractivity contribution < 1.29 is 9.84 Å². The van der Waals surface area contributed by atoms with Crippen molar-refractivity contribution in [3.63, 3.8) is 0 Å². The van der Waals surface area contributed by atoms with Crippen LogP contribution in [0.5, 0.6) is 5.75 Å². The first-order valence-corrected chi connectivity index (χ1v) is 7.86. The lowest BCUT2D eigenvalue weighted by atomic mass is 9.87. The highest BCUT2D eigenvalue weighted by atomic mass is 35.5. The van der Waals surface area contributed by atoms with Gasteiger partial charge < -0.3 is 9.84 Å². The van der Waals surface area contributed by atoms with Gasteiger partial charge in [0.25, 0.3) is 0 Å². The van der Waals surface area contributed by atoms with E-state index < -0.39 is 6.10 Å². The summed E-state index contributed by atoms with van der Waals surface area (Å²) in [6.07, 6.45) is 3.84. The summed E-state index contributed by atoms with van der Waals surface area (Å²) in [6.45, 7) is 3.22. The molecule has 3 atom stereocenters. The van der Waals surface area contributed by atoms with Gasteiger partial charge in [-0.3, -0.25) is 4.90 Å². The van der Waals surface area contributed by atoms with Crippen LogP contribution in [0.3, 0.4) is 0 Å². The fourth-order valence-corrected chi connectivity index (χ4v) is 4.12. The summed E-state index contributed by atoms with van der Waals surface area (Å²) < 4.78 is 6.32. The number of halogens is 1. The van der Waals surface area contributed by atoms with Crippen molar-refractivity contribution in [3.05, 3.63) is 28.8 Å². The van der Waals surface area contributed by atoms with E-state index in [9.17, 15) is 5.11 Å². The fraction of sp³-hybridized carbons (Fsp3) is 0.625. The largest absolute Gasteiger partial charge is 0.485 e. The number of likely N-dealkylation sites (tertiary alicyclic amines) is 1. The standard InChI is InChI=1S/C16H20ClNO2/c1-10-7-16(9-18(10)12-3-4-12)8-14(19)13-6-11(17)2-5-15(13)20-16/h2,5-6,10,12,14,19H,3-4,7-9H2,1H3/t10?,14-,16?/m0/s1. The zero-order chi connectivity index (χ0) is 13.9. The second-order valence-corrected chi connectivity index (χ2v) is 7.08. The molecule has 1 saturated heterocycles. The van der Waals surface area contributed by atoms with Crippen LogP contribution in [0, 0.1) is 0 Å². The molecule has 3 aliphatic rings. The molecule has 1 aliphatic carbocycles. The second-order valence-electron chi connectivity index (χ2n) is 6.64. The molecular weight excluding hydrogens is 274 g/mol. The van der Waals surface area contributed by atoms with Crippen LogP contribution in [0.15, 0.2) is 18.2 Å². The summed E-state index contributed by atoms with van der Waals surface area (Å²) in [4.78, 5) is 2.56. The number of benzene rings is 1. The summed E-state index contributed by atoms with van der Waals surface area (Å²) in [6, 6.07) is 6.85. The van der Waals surface area contributed by atoms with Crippen molar-refractivity contribution in [1.29, 1.82) is 0 Å². The molecule has 3 nitrogen and oxygen atoms in total. The first-order chi connectivity index (χ1) is 9.56. The van der Waals surface area contributed by atoms with Gasteiger partial charge in [-0.1, -0.05) is 11.6 Å². The molecule has 2 fully saturated rings. The number of hydrogen-bond donors (Lipinski definition) is 1. The Morgan fingerprint density at radius 2 is 2.15 bits per heavy atom. The lowest BCUT2D eigenvalue weighted by molar-refractivity contribution is -0.00772. The van der Waals surface area contributed by atoms with Gasteiger partial charge in [0.05, 0.1) is 6.10 Å². The number of nitrogens with zero attached hydrogens (tertiary/aromatic N) is 1. The number of aliphatic hydroxyl groups is 1. The normalized spacial score (nSPS) is 37.0. The Morgan fingerprint density at radius 3 is 2.90 bits per heavy atom. The van der Waals surface area contributed by atoms with Crippen LogP contribution in [-0.2, 0) is 0 Å². The Bertz CT molecular complexity index is 545. The minimum Gasteiger partial charge on any atom is -0.485 e. The molecule has 1 aromatic rings. The van der Waals surface area contributed by atoms with Crippen LogP contribution in [-0.4, -0.2) is 34.2 Å². The van der Waals surface area contributed by atoms with E-state index in [0.717, 1.165) is 30.3 Å². The minimum absolute atomic E-state index is 0.220. The van der Waals surface area contributed by atoms with Crippen molar-refractivity contribution in [2.45, 2.75) is 56.4 Å². The first kappa shape index (κ1) is 12.9. The van der Waals surface area contributed by atoms with Crippen LogP contribution >= 0.6 is 11.6 Å². The van der Waals surface area contributed by atoms with Gasteiger partial charge in [0.1, 0.15) is 11.4 Å². The van der Waals surface area contributed by atoms with E-state index in [2.05, 4.69) is 11.8 Å². The van der Waals surface area contributed by atoms with Crippen molar-refractivity contribution >= 4 is 11.6 Å². The molecule has 0 aromatic heterocycles. The third-order valence-corrected chi connectivity index (χ3v) is 5.18. The fourth-order valence-electron chi connectivity index (χ4n) is 3.94. The molecular formula is C16H20ClNO2. The molecule has 2 heterocycles. The second kappa shape index (κ2) is 4.36. The van der Waals surface area contributed by atoms with Crippen LogP contribution in [0.2, 0.25) is 5.02 Å². The molecule has 1 aromatic carbocycles. The highest BCUT2D eigenvalue weighted by Gasteiger charge is 2.51. The summed E-state index contributed by atoms with van der Waals surface area (Å²) in [7, 11) is 0. The Morgan fingerprint density at radius 1 is 1.35 bits per heavy atom. The van der Waals surface area contributed by atoms with E-state index >= 15 is 0 Å². The highest BCUT2D eigenvalue weighted by Crippen LogP contribution is 2.48. The zero-order valence-corrected chi connectivity index (χ0v) is 12.4. The van der Waals surface area contributed by atoms with Gasteiger partial charge in [-0.05, 0) is 38.0 Å². The molecule has 0 amide bonds. The number of rotatable bonds is 1. The predicted octanol–water partition coefficient (Wildman–Crippen LogP) is 3.15. The Balaban J connectivity index is 1.64. The summed E-state index contributed by atoms with van der Waals surface area (Å²) in [5.74, 6) is 0.804. The molecule has 2 aliphatic heterocycles. The lowest BCUT2D eigenvalue weighted by Crippen LogP contribution is -2.44. The molecule has 0 radical (unpaired) electrons. The van der Waals surface area contributed by atoms with Crippen molar-refractivity contribution in [3.8, 4) is 5.75 Å².